The van der Waals surface area contributed by atoms with Gasteiger partial charge < -0.3 is 5.73 Å². The van der Waals surface area contributed by atoms with E-state index in [9.17, 15) is 0 Å². The van der Waals surface area contributed by atoms with Gasteiger partial charge in [0.2, 0.25) is 5.54 Å². The number of nitrogens with two attached hydrogens (primary N) is 1. The van der Waals surface area contributed by atoms with Crippen LogP contribution in [0.5, 0.6) is 0 Å². The quantitative estimate of drug-likeness (QED) is 0.603. The van der Waals surface area contributed by atoms with E-state index in [1.165, 1.54) is 62.6 Å². The van der Waals surface area contributed by atoms with Crippen molar-refractivity contribution in [2.75, 3.05) is 7.05 Å². The molecule has 0 aromatic carbocycles. The van der Waals surface area contributed by atoms with E-state index in [0.717, 1.165) is 0 Å². The van der Waals surface area contributed by atoms with Crippen molar-refractivity contribution in [1.29, 1.82) is 0 Å². The SMILES string of the molecule is C[N+]1=C2CCCCC2=C(N)C12CCCC2. The summed E-state index contributed by atoms with van der Waals surface area (Å²) in [4.78, 5) is 0. The zero-order valence-corrected chi connectivity index (χ0v) is 9.68. The fourth-order valence-electron chi connectivity index (χ4n) is 3.83. The Morgan fingerprint density at radius 2 is 1.73 bits per heavy atom. The summed E-state index contributed by atoms with van der Waals surface area (Å²) < 4.78 is 2.53. The van der Waals surface area contributed by atoms with E-state index in [-0.39, 0.29) is 5.54 Å². The van der Waals surface area contributed by atoms with Crippen LogP contribution in [0.3, 0.4) is 0 Å². The highest BCUT2D eigenvalue weighted by atomic mass is 15.1. The molecule has 2 heteroatoms. The van der Waals surface area contributed by atoms with Gasteiger partial charge in [0.05, 0.1) is 5.70 Å². The molecule has 3 aliphatic rings. The Kier molecular flexibility index (Phi) is 1.95. The zero-order valence-electron chi connectivity index (χ0n) is 9.68. The largest absolute Gasteiger partial charge is 0.396 e. The smallest absolute Gasteiger partial charge is 0.202 e. The number of nitrogens with zero attached hydrogens (tertiary/aromatic N) is 1. The minimum atomic E-state index is 0.245. The topological polar surface area (TPSA) is 29.0 Å². The Bertz CT molecular complexity index is 327. The van der Waals surface area contributed by atoms with E-state index in [1.54, 1.807) is 5.71 Å². The maximum atomic E-state index is 6.44. The Labute approximate surface area is 91.9 Å². The molecule has 82 valence electrons. The van der Waals surface area contributed by atoms with E-state index in [4.69, 9.17) is 5.73 Å². The number of hydrogen-bond acceptors (Lipinski definition) is 1. The third kappa shape index (κ3) is 1.08. The van der Waals surface area contributed by atoms with Crippen molar-refractivity contribution in [2.24, 2.45) is 5.73 Å². The fourth-order valence-corrected chi connectivity index (χ4v) is 3.83. The first-order valence-electron chi connectivity index (χ1n) is 6.35. The van der Waals surface area contributed by atoms with Gasteiger partial charge in [0, 0.05) is 24.8 Å². The van der Waals surface area contributed by atoms with Gasteiger partial charge in [-0.25, -0.2) is 4.58 Å². The standard InChI is InChI=1S/C13H20N2/c1-15-11-7-3-2-6-10(11)12(14)13(15)8-4-5-9-13/h14H,2-9H2,1H3/p+1. The molecule has 15 heavy (non-hydrogen) atoms. The second kappa shape index (κ2) is 3.10. The molecule has 1 heterocycles. The number of rotatable bonds is 0. The first kappa shape index (κ1) is 9.44. The molecule has 0 saturated heterocycles. The summed E-state index contributed by atoms with van der Waals surface area (Å²) in [5.41, 5.74) is 11.0. The molecule has 0 radical (unpaired) electrons. The molecule has 0 aromatic rings. The van der Waals surface area contributed by atoms with E-state index < -0.39 is 0 Å². The van der Waals surface area contributed by atoms with Crippen LogP contribution in [0, 0.1) is 0 Å². The van der Waals surface area contributed by atoms with Gasteiger partial charge in [-0.2, -0.15) is 0 Å². The molecule has 2 aliphatic carbocycles. The third-order valence-corrected chi connectivity index (χ3v) is 4.74. The van der Waals surface area contributed by atoms with Gasteiger partial charge in [-0.3, -0.25) is 0 Å². The minimum absolute atomic E-state index is 0.245. The van der Waals surface area contributed by atoms with Gasteiger partial charge in [0.25, 0.3) is 0 Å². The highest BCUT2D eigenvalue weighted by Gasteiger charge is 2.52. The Hall–Kier alpha value is -0.790. The highest BCUT2D eigenvalue weighted by Crippen LogP contribution is 2.44. The molecular weight excluding hydrogens is 184 g/mol. The second-order valence-electron chi connectivity index (χ2n) is 5.34. The van der Waals surface area contributed by atoms with Crippen LogP contribution in [0.1, 0.15) is 51.4 Å². The first-order valence-corrected chi connectivity index (χ1v) is 6.35. The molecule has 0 bridgehead atoms. The van der Waals surface area contributed by atoms with Gasteiger partial charge in [0.15, 0.2) is 5.71 Å². The van der Waals surface area contributed by atoms with Crippen LogP contribution in [0.25, 0.3) is 0 Å². The highest BCUT2D eigenvalue weighted by molar-refractivity contribution is 5.99. The van der Waals surface area contributed by atoms with Crippen LogP contribution >= 0.6 is 0 Å². The molecule has 0 atom stereocenters. The van der Waals surface area contributed by atoms with Crippen LogP contribution in [0.4, 0.5) is 0 Å². The number of likely N-dealkylation sites (N-methyl/N-ethyl adjacent to an activating group) is 1. The number of hydrogen-bond donors (Lipinski definition) is 1. The van der Waals surface area contributed by atoms with Gasteiger partial charge in [-0.05, 0) is 32.1 Å². The predicted molar refractivity (Wildman–Crippen MR) is 62.1 cm³/mol. The lowest BCUT2D eigenvalue weighted by molar-refractivity contribution is -0.567. The third-order valence-electron chi connectivity index (χ3n) is 4.74. The fraction of sp³-hybridized carbons (Fsp3) is 0.769. The summed E-state index contributed by atoms with van der Waals surface area (Å²) >= 11 is 0. The summed E-state index contributed by atoms with van der Waals surface area (Å²) in [7, 11) is 2.27. The molecule has 1 spiro atoms. The van der Waals surface area contributed by atoms with Gasteiger partial charge in [-0.1, -0.05) is 0 Å². The molecule has 2 nitrogen and oxygen atoms in total. The first-order chi connectivity index (χ1) is 7.26. The Balaban J connectivity index is 2.11. The molecular formula is C13H21N2+. The van der Waals surface area contributed by atoms with Crippen LogP contribution < -0.4 is 5.73 Å². The van der Waals surface area contributed by atoms with Crippen LogP contribution in [0.15, 0.2) is 11.3 Å². The van der Waals surface area contributed by atoms with Crippen molar-refractivity contribution in [3.05, 3.63) is 11.3 Å². The van der Waals surface area contributed by atoms with Crippen LogP contribution in [-0.4, -0.2) is 22.9 Å². The molecule has 0 unspecified atom stereocenters. The van der Waals surface area contributed by atoms with E-state index >= 15 is 0 Å². The molecule has 3 rings (SSSR count). The molecule has 2 saturated carbocycles. The Morgan fingerprint density at radius 1 is 1.07 bits per heavy atom. The molecule has 0 amide bonds. The number of allylic oxidation sites excluding steroid dienone is 1. The summed E-state index contributed by atoms with van der Waals surface area (Å²) in [5, 5.41) is 0. The van der Waals surface area contributed by atoms with Gasteiger partial charge >= 0.3 is 0 Å². The lowest BCUT2D eigenvalue weighted by Crippen LogP contribution is -2.40. The maximum Gasteiger partial charge on any atom is 0.202 e. The monoisotopic (exact) mass is 205 g/mol. The van der Waals surface area contributed by atoms with Crippen LogP contribution in [-0.2, 0) is 0 Å². The molecule has 0 aromatic heterocycles. The molecule has 2 N–H and O–H groups in total. The summed E-state index contributed by atoms with van der Waals surface area (Å²) in [6.45, 7) is 0. The van der Waals surface area contributed by atoms with E-state index in [2.05, 4.69) is 11.6 Å². The van der Waals surface area contributed by atoms with E-state index in [0.29, 0.717) is 0 Å². The average Bonchev–Trinajstić information content (AvgIpc) is 2.83. The van der Waals surface area contributed by atoms with Gasteiger partial charge in [0.1, 0.15) is 7.05 Å². The maximum absolute atomic E-state index is 6.44. The lowest BCUT2D eigenvalue weighted by atomic mass is 9.88. The van der Waals surface area contributed by atoms with Crippen molar-refractivity contribution in [1.82, 2.24) is 0 Å². The summed E-state index contributed by atoms with van der Waals surface area (Å²) in [6.07, 6.45) is 10.4. The molecule has 1 aliphatic heterocycles. The molecule has 2 fully saturated rings. The normalized spacial score (nSPS) is 29.1. The Morgan fingerprint density at radius 3 is 2.40 bits per heavy atom. The van der Waals surface area contributed by atoms with E-state index in [1.807, 2.05) is 0 Å². The van der Waals surface area contributed by atoms with Crippen molar-refractivity contribution >= 4 is 5.71 Å². The predicted octanol–water partition coefficient (Wildman–Crippen LogP) is 2.18. The van der Waals surface area contributed by atoms with Crippen molar-refractivity contribution in [3.8, 4) is 0 Å². The van der Waals surface area contributed by atoms with Crippen molar-refractivity contribution in [3.63, 3.8) is 0 Å². The van der Waals surface area contributed by atoms with Crippen LogP contribution in [0.2, 0.25) is 0 Å². The summed E-state index contributed by atoms with van der Waals surface area (Å²) in [5.74, 6) is 0. The second-order valence-corrected chi connectivity index (χ2v) is 5.34. The zero-order chi connectivity index (χ0) is 10.5. The minimum Gasteiger partial charge on any atom is -0.396 e. The lowest BCUT2D eigenvalue weighted by Gasteiger charge is -2.21. The van der Waals surface area contributed by atoms with Gasteiger partial charge in [-0.15, -0.1) is 0 Å². The van der Waals surface area contributed by atoms with Crippen molar-refractivity contribution < 1.29 is 4.58 Å². The number of fused-ring (bicyclic) bond motifs is 1. The average molecular weight is 205 g/mol. The van der Waals surface area contributed by atoms with Crippen molar-refractivity contribution in [2.45, 2.75) is 56.9 Å². The summed E-state index contributed by atoms with van der Waals surface area (Å²) in [6, 6.07) is 0.